The zero-order valence-corrected chi connectivity index (χ0v) is 9.51. The van der Waals surface area contributed by atoms with Crippen LogP contribution in [0.3, 0.4) is 0 Å². The van der Waals surface area contributed by atoms with Crippen molar-refractivity contribution in [1.29, 1.82) is 0 Å². The number of carbonyl (C=O) groups excluding carboxylic acids is 3. The highest BCUT2D eigenvalue weighted by molar-refractivity contribution is 6.30. The molecule has 6 heteroatoms. The second kappa shape index (κ2) is 4.33. The number of urea groups is 1. The van der Waals surface area contributed by atoms with Crippen molar-refractivity contribution < 1.29 is 19.5 Å². The normalized spacial score (nSPS) is 18.2. The highest BCUT2D eigenvalue weighted by Crippen LogP contribution is 2.16. The number of nitrogens with one attached hydrogen (secondary N) is 1. The van der Waals surface area contributed by atoms with Crippen molar-refractivity contribution in [2.75, 3.05) is 7.05 Å². The van der Waals surface area contributed by atoms with E-state index in [1.54, 1.807) is 12.1 Å². The van der Waals surface area contributed by atoms with Crippen LogP contribution in [0.5, 0.6) is 5.75 Å². The van der Waals surface area contributed by atoms with Gasteiger partial charge in [0.05, 0.1) is 0 Å². The van der Waals surface area contributed by atoms with Gasteiger partial charge >= 0.3 is 6.03 Å². The van der Waals surface area contributed by atoms with E-state index in [2.05, 4.69) is 0 Å². The van der Waals surface area contributed by atoms with Gasteiger partial charge in [-0.3, -0.25) is 19.8 Å². The van der Waals surface area contributed by atoms with E-state index in [4.69, 9.17) is 0 Å². The number of hydrogen-bond acceptors (Lipinski definition) is 4. The Morgan fingerprint density at radius 2 is 2.00 bits per heavy atom. The number of barbiturate groups is 1. The summed E-state index contributed by atoms with van der Waals surface area (Å²) in [6.07, 6.45) is 1.32. The van der Waals surface area contributed by atoms with Gasteiger partial charge in [-0.05, 0) is 23.8 Å². The summed E-state index contributed by atoms with van der Waals surface area (Å²) in [7, 11) is 1.28. The average Bonchev–Trinajstić information content (AvgIpc) is 2.32. The van der Waals surface area contributed by atoms with E-state index in [-0.39, 0.29) is 11.3 Å². The summed E-state index contributed by atoms with van der Waals surface area (Å²) in [5, 5.41) is 11.3. The van der Waals surface area contributed by atoms with Crippen LogP contribution in [0, 0.1) is 0 Å². The zero-order chi connectivity index (χ0) is 13.3. The molecule has 0 unspecified atom stereocenters. The van der Waals surface area contributed by atoms with E-state index in [1.807, 2.05) is 5.32 Å². The van der Waals surface area contributed by atoms with E-state index >= 15 is 0 Å². The monoisotopic (exact) mass is 246 g/mol. The first-order valence-electron chi connectivity index (χ1n) is 5.13. The molecule has 4 amide bonds. The van der Waals surface area contributed by atoms with Crippen LogP contribution in [0.15, 0.2) is 29.8 Å². The van der Waals surface area contributed by atoms with Crippen molar-refractivity contribution >= 4 is 23.9 Å². The first kappa shape index (κ1) is 11.8. The summed E-state index contributed by atoms with van der Waals surface area (Å²) in [5.74, 6) is -1.39. The maximum atomic E-state index is 11.7. The number of amides is 4. The fourth-order valence-electron chi connectivity index (χ4n) is 1.53. The Labute approximate surface area is 103 Å². The van der Waals surface area contributed by atoms with Crippen LogP contribution in [0.4, 0.5) is 4.79 Å². The van der Waals surface area contributed by atoms with Gasteiger partial charge in [0.25, 0.3) is 11.8 Å². The molecule has 0 bridgehead atoms. The van der Waals surface area contributed by atoms with Gasteiger partial charge in [-0.25, -0.2) is 4.79 Å². The molecule has 18 heavy (non-hydrogen) atoms. The van der Waals surface area contributed by atoms with Gasteiger partial charge in [-0.2, -0.15) is 0 Å². The second-order valence-electron chi connectivity index (χ2n) is 3.78. The van der Waals surface area contributed by atoms with Crippen LogP contribution in [-0.2, 0) is 9.59 Å². The minimum Gasteiger partial charge on any atom is -0.508 e. The van der Waals surface area contributed by atoms with Crippen molar-refractivity contribution in [3.63, 3.8) is 0 Å². The lowest BCUT2D eigenvalue weighted by Crippen LogP contribution is -2.52. The van der Waals surface area contributed by atoms with Gasteiger partial charge in [-0.15, -0.1) is 0 Å². The standard InChI is InChI=1S/C12H10N2O4/c1-14-11(17)9(10(16)13-12(14)18)6-7-3-2-4-8(15)5-7/h2-6,15H,1H3,(H,13,16,18)/b9-6+. The number of phenols is 1. The Kier molecular flexibility index (Phi) is 2.85. The Morgan fingerprint density at radius 1 is 1.28 bits per heavy atom. The summed E-state index contributed by atoms with van der Waals surface area (Å²) in [4.78, 5) is 35.3. The summed E-state index contributed by atoms with van der Waals surface area (Å²) < 4.78 is 0. The SMILES string of the molecule is CN1C(=O)NC(=O)/C(=C\c2cccc(O)c2)C1=O. The molecule has 0 aliphatic carbocycles. The second-order valence-corrected chi connectivity index (χ2v) is 3.78. The van der Waals surface area contributed by atoms with Gasteiger partial charge in [0.1, 0.15) is 11.3 Å². The number of likely N-dealkylation sites (N-methyl/N-ethyl adjacent to an activating group) is 1. The summed E-state index contributed by atoms with van der Waals surface area (Å²) in [6, 6.07) is 5.34. The number of carbonyl (C=O) groups is 3. The predicted molar refractivity (Wildman–Crippen MR) is 62.4 cm³/mol. The van der Waals surface area contributed by atoms with Crippen molar-refractivity contribution in [1.82, 2.24) is 10.2 Å². The number of nitrogens with zero attached hydrogens (tertiary/aromatic N) is 1. The van der Waals surface area contributed by atoms with Crippen molar-refractivity contribution in [2.24, 2.45) is 0 Å². The molecule has 2 N–H and O–H groups in total. The summed E-state index contributed by atoms with van der Waals surface area (Å²) >= 11 is 0. The van der Waals surface area contributed by atoms with Crippen molar-refractivity contribution in [3.05, 3.63) is 35.4 Å². The van der Waals surface area contributed by atoms with Gasteiger partial charge in [0, 0.05) is 7.05 Å². The number of rotatable bonds is 1. The van der Waals surface area contributed by atoms with Crippen LogP contribution in [0.1, 0.15) is 5.56 Å². The maximum absolute atomic E-state index is 11.7. The predicted octanol–water partition coefficient (Wildman–Crippen LogP) is 0.484. The molecule has 0 aromatic heterocycles. The molecule has 0 radical (unpaired) electrons. The lowest BCUT2D eigenvalue weighted by Gasteiger charge is -2.22. The molecule has 1 fully saturated rings. The molecule has 2 rings (SSSR count). The molecule has 1 saturated heterocycles. The lowest BCUT2D eigenvalue weighted by molar-refractivity contribution is -0.129. The van der Waals surface area contributed by atoms with Gasteiger partial charge in [-0.1, -0.05) is 12.1 Å². The Morgan fingerprint density at radius 3 is 2.67 bits per heavy atom. The van der Waals surface area contributed by atoms with Crippen LogP contribution < -0.4 is 5.32 Å². The molecular weight excluding hydrogens is 236 g/mol. The number of phenolic OH excluding ortho intramolecular Hbond substituents is 1. The van der Waals surface area contributed by atoms with Gasteiger partial charge < -0.3 is 5.11 Å². The summed E-state index contributed by atoms with van der Waals surface area (Å²) in [6.45, 7) is 0. The number of aromatic hydroxyl groups is 1. The average molecular weight is 246 g/mol. The Hall–Kier alpha value is -2.63. The fourth-order valence-corrected chi connectivity index (χ4v) is 1.53. The molecule has 6 nitrogen and oxygen atoms in total. The van der Waals surface area contributed by atoms with Crippen molar-refractivity contribution in [3.8, 4) is 5.75 Å². The fraction of sp³-hybridized carbons (Fsp3) is 0.0833. The Bertz CT molecular complexity index is 577. The van der Waals surface area contributed by atoms with E-state index in [9.17, 15) is 19.5 Å². The molecule has 1 aromatic carbocycles. The quantitative estimate of drug-likeness (QED) is 0.557. The third-order valence-electron chi connectivity index (χ3n) is 2.49. The first-order valence-corrected chi connectivity index (χ1v) is 5.13. The van der Waals surface area contributed by atoms with E-state index < -0.39 is 17.8 Å². The Balaban J connectivity index is 2.40. The van der Waals surface area contributed by atoms with Crippen LogP contribution in [-0.4, -0.2) is 34.9 Å². The highest BCUT2D eigenvalue weighted by atomic mass is 16.3. The smallest absolute Gasteiger partial charge is 0.331 e. The number of imide groups is 2. The molecule has 0 saturated carbocycles. The zero-order valence-electron chi connectivity index (χ0n) is 9.51. The minimum atomic E-state index is -0.752. The molecule has 1 heterocycles. The van der Waals surface area contributed by atoms with Crippen LogP contribution >= 0.6 is 0 Å². The molecular formula is C12H10N2O4. The third-order valence-corrected chi connectivity index (χ3v) is 2.49. The maximum Gasteiger partial charge on any atom is 0.331 e. The lowest BCUT2D eigenvalue weighted by atomic mass is 10.1. The molecule has 1 aliphatic heterocycles. The first-order chi connectivity index (χ1) is 8.49. The van der Waals surface area contributed by atoms with E-state index in [0.717, 1.165) is 4.90 Å². The van der Waals surface area contributed by atoms with Crippen LogP contribution in [0.2, 0.25) is 0 Å². The largest absolute Gasteiger partial charge is 0.508 e. The van der Waals surface area contributed by atoms with Crippen LogP contribution in [0.25, 0.3) is 6.08 Å². The summed E-state index contributed by atoms with van der Waals surface area (Å²) in [5.41, 5.74) is 0.346. The van der Waals surface area contributed by atoms with E-state index in [0.29, 0.717) is 5.56 Å². The molecule has 0 spiro atoms. The van der Waals surface area contributed by atoms with Gasteiger partial charge in [0.15, 0.2) is 0 Å². The van der Waals surface area contributed by atoms with Gasteiger partial charge in [0.2, 0.25) is 0 Å². The molecule has 92 valence electrons. The number of benzene rings is 1. The molecule has 0 atom stereocenters. The van der Waals surface area contributed by atoms with Crippen molar-refractivity contribution in [2.45, 2.75) is 0 Å². The number of hydrogen-bond donors (Lipinski definition) is 2. The topological polar surface area (TPSA) is 86.7 Å². The highest BCUT2D eigenvalue weighted by Gasteiger charge is 2.32. The minimum absolute atomic E-state index is 0.0254. The van der Waals surface area contributed by atoms with E-state index in [1.165, 1.54) is 25.3 Å². The third kappa shape index (κ3) is 2.08. The molecule has 1 aliphatic rings. The molecule has 1 aromatic rings.